The molecule has 0 N–H and O–H groups in total. The second kappa shape index (κ2) is 3.61. The number of hydrogen-bond donors (Lipinski definition) is 0. The SMILES string of the molecule is c1cc(-c2ccn3nccc3c2)c2nsnc2c1. The predicted molar refractivity (Wildman–Crippen MR) is 71.6 cm³/mol. The molecule has 0 unspecified atom stereocenters. The normalized spacial score (nSPS) is 11.3. The van der Waals surface area contributed by atoms with Crippen LogP contribution in [0.15, 0.2) is 48.8 Å². The van der Waals surface area contributed by atoms with Crippen molar-refractivity contribution in [2.24, 2.45) is 0 Å². The van der Waals surface area contributed by atoms with Crippen LogP contribution in [0.25, 0.3) is 27.7 Å². The van der Waals surface area contributed by atoms with Gasteiger partial charge in [-0.05, 0) is 29.8 Å². The molecule has 3 heterocycles. The molecule has 0 radical (unpaired) electrons. The smallest absolute Gasteiger partial charge is 0.112 e. The topological polar surface area (TPSA) is 43.1 Å². The van der Waals surface area contributed by atoms with Gasteiger partial charge in [0.15, 0.2) is 0 Å². The van der Waals surface area contributed by atoms with Gasteiger partial charge >= 0.3 is 0 Å². The molecule has 5 heteroatoms. The molecule has 1 aromatic carbocycles. The molecule has 4 rings (SSSR count). The Morgan fingerprint density at radius 3 is 3.06 bits per heavy atom. The standard InChI is InChI=1S/C13H8N4S/c1-2-11(13-12(3-1)15-18-16-13)9-5-7-17-10(8-9)4-6-14-17/h1-8H. The van der Waals surface area contributed by atoms with Gasteiger partial charge < -0.3 is 0 Å². The van der Waals surface area contributed by atoms with E-state index in [9.17, 15) is 0 Å². The summed E-state index contributed by atoms with van der Waals surface area (Å²) in [6.45, 7) is 0. The highest BCUT2D eigenvalue weighted by Crippen LogP contribution is 2.27. The molecule has 0 aliphatic carbocycles. The van der Waals surface area contributed by atoms with E-state index in [0.717, 1.165) is 27.7 Å². The largest absolute Gasteiger partial charge is 0.241 e. The van der Waals surface area contributed by atoms with Crippen LogP contribution in [-0.2, 0) is 0 Å². The molecule has 0 saturated carbocycles. The highest BCUT2D eigenvalue weighted by atomic mass is 32.1. The summed E-state index contributed by atoms with van der Waals surface area (Å²) in [5.41, 5.74) is 5.25. The molecule has 0 amide bonds. The molecule has 0 aliphatic heterocycles. The second-order valence-electron chi connectivity index (χ2n) is 4.05. The van der Waals surface area contributed by atoms with Crippen molar-refractivity contribution in [3.8, 4) is 11.1 Å². The van der Waals surface area contributed by atoms with Crippen LogP contribution in [0.1, 0.15) is 0 Å². The third-order valence-electron chi connectivity index (χ3n) is 3.00. The Balaban J connectivity index is 2.03. The van der Waals surface area contributed by atoms with Crippen LogP contribution < -0.4 is 0 Å². The van der Waals surface area contributed by atoms with E-state index in [1.54, 1.807) is 6.20 Å². The van der Waals surface area contributed by atoms with E-state index in [1.807, 2.05) is 35.0 Å². The lowest BCUT2D eigenvalue weighted by atomic mass is 10.1. The maximum absolute atomic E-state index is 4.37. The van der Waals surface area contributed by atoms with Gasteiger partial charge in [0.05, 0.1) is 17.2 Å². The van der Waals surface area contributed by atoms with E-state index < -0.39 is 0 Å². The van der Waals surface area contributed by atoms with Crippen molar-refractivity contribution in [1.29, 1.82) is 0 Å². The Morgan fingerprint density at radius 2 is 2.06 bits per heavy atom. The summed E-state index contributed by atoms with van der Waals surface area (Å²) in [7, 11) is 0. The van der Waals surface area contributed by atoms with Crippen LogP contribution in [0.3, 0.4) is 0 Å². The van der Waals surface area contributed by atoms with E-state index in [4.69, 9.17) is 0 Å². The van der Waals surface area contributed by atoms with Crippen molar-refractivity contribution in [1.82, 2.24) is 18.4 Å². The zero-order valence-electron chi connectivity index (χ0n) is 9.32. The van der Waals surface area contributed by atoms with Gasteiger partial charge in [-0.15, -0.1) is 0 Å². The summed E-state index contributed by atoms with van der Waals surface area (Å²) < 4.78 is 10.5. The van der Waals surface area contributed by atoms with Crippen molar-refractivity contribution < 1.29 is 0 Å². The summed E-state index contributed by atoms with van der Waals surface area (Å²) >= 11 is 1.25. The molecule has 3 aromatic heterocycles. The zero-order chi connectivity index (χ0) is 11.9. The van der Waals surface area contributed by atoms with Gasteiger partial charge in [0.1, 0.15) is 11.0 Å². The van der Waals surface area contributed by atoms with Crippen molar-refractivity contribution in [3.63, 3.8) is 0 Å². The number of benzene rings is 1. The van der Waals surface area contributed by atoms with Crippen molar-refractivity contribution >= 4 is 28.3 Å². The lowest BCUT2D eigenvalue weighted by molar-refractivity contribution is 0.962. The summed E-state index contributed by atoms with van der Waals surface area (Å²) in [6, 6.07) is 12.2. The van der Waals surface area contributed by atoms with Crippen LogP contribution in [0, 0.1) is 0 Å². The molecular formula is C13H8N4S. The highest BCUT2D eigenvalue weighted by molar-refractivity contribution is 7.00. The van der Waals surface area contributed by atoms with Crippen LogP contribution in [0.4, 0.5) is 0 Å². The molecule has 4 nitrogen and oxygen atoms in total. The molecule has 0 atom stereocenters. The summed E-state index contributed by atoms with van der Waals surface area (Å²) in [5.74, 6) is 0. The first kappa shape index (κ1) is 9.73. The third kappa shape index (κ3) is 1.34. The minimum Gasteiger partial charge on any atom is -0.241 e. The fraction of sp³-hybridized carbons (Fsp3) is 0. The lowest BCUT2D eigenvalue weighted by Gasteiger charge is -2.02. The van der Waals surface area contributed by atoms with Crippen molar-refractivity contribution in [2.75, 3.05) is 0 Å². The molecule has 86 valence electrons. The van der Waals surface area contributed by atoms with E-state index in [1.165, 1.54) is 11.7 Å². The maximum Gasteiger partial charge on any atom is 0.112 e. The van der Waals surface area contributed by atoms with Gasteiger partial charge in [-0.25, -0.2) is 4.52 Å². The first-order valence-electron chi connectivity index (χ1n) is 5.57. The highest BCUT2D eigenvalue weighted by Gasteiger charge is 2.07. The van der Waals surface area contributed by atoms with Gasteiger partial charge in [0, 0.05) is 18.0 Å². The van der Waals surface area contributed by atoms with E-state index >= 15 is 0 Å². The summed E-state index contributed by atoms with van der Waals surface area (Å²) in [4.78, 5) is 0. The predicted octanol–water partition coefficient (Wildman–Crippen LogP) is 3.01. The molecule has 0 bridgehead atoms. The number of fused-ring (bicyclic) bond motifs is 2. The minimum absolute atomic E-state index is 0.950. The van der Waals surface area contributed by atoms with Crippen molar-refractivity contribution in [3.05, 3.63) is 48.8 Å². The van der Waals surface area contributed by atoms with Gasteiger partial charge in [0.25, 0.3) is 0 Å². The molecule has 0 fully saturated rings. The second-order valence-corrected chi connectivity index (χ2v) is 4.58. The Labute approximate surface area is 107 Å². The fourth-order valence-electron chi connectivity index (χ4n) is 2.13. The number of pyridine rings is 1. The van der Waals surface area contributed by atoms with E-state index in [2.05, 4.69) is 26.0 Å². The van der Waals surface area contributed by atoms with Gasteiger partial charge in [-0.1, -0.05) is 12.1 Å². The Hall–Kier alpha value is -2.27. The summed E-state index contributed by atoms with van der Waals surface area (Å²) in [5, 5.41) is 4.20. The van der Waals surface area contributed by atoms with Gasteiger partial charge in [-0.3, -0.25) is 0 Å². The van der Waals surface area contributed by atoms with Crippen molar-refractivity contribution in [2.45, 2.75) is 0 Å². The molecule has 0 aliphatic rings. The quantitative estimate of drug-likeness (QED) is 0.523. The van der Waals surface area contributed by atoms with Crippen LogP contribution >= 0.6 is 11.7 Å². The van der Waals surface area contributed by atoms with Crippen LogP contribution in [0.2, 0.25) is 0 Å². The molecule has 4 aromatic rings. The average Bonchev–Trinajstić information content (AvgIpc) is 3.05. The Bertz CT molecular complexity index is 846. The van der Waals surface area contributed by atoms with E-state index in [-0.39, 0.29) is 0 Å². The Morgan fingerprint density at radius 1 is 1.06 bits per heavy atom. The molecule has 0 spiro atoms. The van der Waals surface area contributed by atoms with Gasteiger partial charge in [-0.2, -0.15) is 13.8 Å². The zero-order valence-corrected chi connectivity index (χ0v) is 10.1. The lowest BCUT2D eigenvalue weighted by Crippen LogP contribution is -1.87. The minimum atomic E-state index is 0.950. The number of rotatable bonds is 1. The molecule has 0 saturated heterocycles. The monoisotopic (exact) mass is 252 g/mol. The number of nitrogens with zero attached hydrogens (tertiary/aromatic N) is 4. The Kier molecular flexibility index (Phi) is 1.95. The number of aromatic nitrogens is 4. The molecular weight excluding hydrogens is 244 g/mol. The average molecular weight is 252 g/mol. The van der Waals surface area contributed by atoms with E-state index in [0.29, 0.717) is 0 Å². The van der Waals surface area contributed by atoms with Crippen LogP contribution in [-0.4, -0.2) is 18.4 Å². The first-order chi connectivity index (χ1) is 8.92. The third-order valence-corrected chi connectivity index (χ3v) is 3.54. The van der Waals surface area contributed by atoms with Gasteiger partial charge in [0.2, 0.25) is 0 Å². The fourth-order valence-corrected chi connectivity index (χ4v) is 2.68. The number of hydrogen-bond acceptors (Lipinski definition) is 4. The van der Waals surface area contributed by atoms with Crippen LogP contribution in [0.5, 0.6) is 0 Å². The molecule has 18 heavy (non-hydrogen) atoms. The maximum atomic E-state index is 4.37. The first-order valence-corrected chi connectivity index (χ1v) is 6.30. The summed E-state index contributed by atoms with van der Waals surface area (Å²) in [6.07, 6.45) is 3.76.